The van der Waals surface area contributed by atoms with Gasteiger partial charge in [-0.2, -0.15) is 5.10 Å². The SMILES string of the molecule is COc1cc(C(N)Cc2cccc(Cl)c2)nn1C. The molecule has 1 aromatic carbocycles. The van der Waals surface area contributed by atoms with Crippen LogP contribution in [0.15, 0.2) is 30.3 Å². The van der Waals surface area contributed by atoms with Crippen molar-refractivity contribution >= 4 is 11.6 Å². The minimum Gasteiger partial charge on any atom is -0.481 e. The summed E-state index contributed by atoms with van der Waals surface area (Å²) in [6, 6.07) is 9.38. The number of rotatable bonds is 4. The molecule has 2 rings (SSSR count). The lowest BCUT2D eigenvalue weighted by Gasteiger charge is -2.08. The molecular formula is C13H16ClN3O. The Bertz CT molecular complexity index is 539. The fraction of sp³-hybridized carbons (Fsp3) is 0.308. The lowest BCUT2D eigenvalue weighted by Crippen LogP contribution is -2.14. The summed E-state index contributed by atoms with van der Waals surface area (Å²) in [5.41, 5.74) is 8.05. The fourth-order valence-electron chi connectivity index (χ4n) is 1.87. The Hall–Kier alpha value is -1.52. The molecular weight excluding hydrogens is 250 g/mol. The zero-order valence-electron chi connectivity index (χ0n) is 10.4. The van der Waals surface area contributed by atoms with Crippen LogP contribution >= 0.6 is 11.6 Å². The van der Waals surface area contributed by atoms with Crippen molar-refractivity contribution in [1.29, 1.82) is 0 Å². The summed E-state index contributed by atoms with van der Waals surface area (Å²) >= 11 is 5.95. The number of hydrogen-bond donors (Lipinski definition) is 1. The summed E-state index contributed by atoms with van der Waals surface area (Å²) in [6.45, 7) is 0. The summed E-state index contributed by atoms with van der Waals surface area (Å²) in [7, 11) is 3.44. The van der Waals surface area contributed by atoms with Crippen LogP contribution in [0.3, 0.4) is 0 Å². The Morgan fingerprint density at radius 2 is 2.22 bits per heavy atom. The third kappa shape index (κ3) is 2.83. The number of nitrogens with zero attached hydrogens (tertiary/aromatic N) is 2. The highest BCUT2D eigenvalue weighted by molar-refractivity contribution is 6.30. The summed E-state index contributed by atoms with van der Waals surface area (Å²) in [5.74, 6) is 0.701. The van der Waals surface area contributed by atoms with Crippen molar-refractivity contribution in [3.05, 3.63) is 46.6 Å². The zero-order valence-corrected chi connectivity index (χ0v) is 11.2. The van der Waals surface area contributed by atoms with E-state index in [0.29, 0.717) is 12.3 Å². The van der Waals surface area contributed by atoms with Gasteiger partial charge < -0.3 is 10.5 Å². The maximum Gasteiger partial charge on any atom is 0.211 e. The molecule has 0 amide bonds. The van der Waals surface area contributed by atoms with Crippen LogP contribution in [0.4, 0.5) is 0 Å². The smallest absolute Gasteiger partial charge is 0.211 e. The molecule has 0 bridgehead atoms. The molecule has 0 fully saturated rings. The second kappa shape index (κ2) is 5.42. The standard InChI is InChI=1S/C13H16ClN3O/c1-17-13(18-2)8-12(16-17)11(15)7-9-4-3-5-10(14)6-9/h3-6,8,11H,7,15H2,1-2H3. The van der Waals surface area contributed by atoms with Crippen LogP contribution in [0.25, 0.3) is 0 Å². The van der Waals surface area contributed by atoms with Gasteiger partial charge in [-0.3, -0.25) is 0 Å². The van der Waals surface area contributed by atoms with Crippen LogP contribution in [0, 0.1) is 0 Å². The van der Waals surface area contributed by atoms with Gasteiger partial charge in [0.15, 0.2) is 0 Å². The molecule has 0 aliphatic heterocycles. The number of ether oxygens (including phenoxy) is 1. The molecule has 0 saturated carbocycles. The van der Waals surface area contributed by atoms with Gasteiger partial charge in [0, 0.05) is 18.1 Å². The molecule has 0 aliphatic carbocycles. The molecule has 1 aromatic heterocycles. The minimum absolute atomic E-state index is 0.168. The number of nitrogens with two attached hydrogens (primary N) is 1. The number of benzene rings is 1. The van der Waals surface area contributed by atoms with Crippen LogP contribution in [0.1, 0.15) is 17.3 Å². The van der Waals surface area contributed by atoms with Gasteiger partial charge in [0.05, 0.1) is 18.8 Å². The van der Waals surface area contributed by atoms with E-state index in [9.17, 15) is 0 Å². The average molecular weight is 266 g/mol. The normalized spacial score (nSPS) is 12.4. The number of halogens is 1. The zero-order chi connectivity index (χ0) is 13.1. The Morgan fingerprint density at radius 1 is 1.44 bits per heavy atom. The third-order valence-electron chi connectivity index (χ3n) is 2.79. The van der Waals surface area contributed by atoms with Crippen LogP contribution in [-0.4, -0.2) is 16.9 Å². The molecule has 18 heavy (non-hydrogen) atoms. The van der Waals surface area contributed by atoms with Crippen molar-refractivity contribution in [2.75, 3.05) is 7.11 Å². The van der Waals surface area contributed by atoms with E-state index in [2.05, 4.69) is 5.10 Å². The predicted molar refractivity (Wildman–Crippen MR) is 71.8 cm³/mol. The topological polar surface area (TPSA) is 53.1 Å². The summed E-state index contributed by atoms with van der Waals surface area (Å²) in [4.78, 5) is 0. The van der Waals surface area contributed by atoms with Gasteiger partial charge in [0.1, 0.15) is 0 Å². The molecule has 2 aromatic rings. The first-order chi connectivity index (χ1) is 8.60. The first-order valence-corrected chi connectivity index (χ1v) is 6.06. The van der Waals surface area contributed by atoms with Gasteiger partial charge in [0.25, 0.3) is 0 Å². The molecule has 1 heterocycles. The van der Waals surface area contributed by atoms with Crippen molar-refractivity contribution in [3.63, 3.8) is 0 Å². The van der Waals surface area contributed by atoms with E-state index >= 15 is 0 Å². The maximum atomic E-state index is 6.14. The van der Waals surface area contributed by atoms with Crippen molar-refractivity contribution < 1.29 is 4.74 Å². The van der Waals surface area contributed by atoms with E-state index in [1.165, 1.54) is 0 Å². The Kier molecular flexibility index (Phi) is 3.89. The van der Waals surface area contributed by atoms with E-state index in [4.69, 9.17) is 22.1 Å². The fourth-order valence-corrected chi connectivity index (χ4v) is 2.08. The van der Waals surface area contributed by atoms with E-state index in [1.807, 2.05) is 37.4 Å². The van der Waals surface area contributed by atoms with E-state index in [0.717, 1.165) is 16.3 Å². The van der Waals surface area contributed by atoms with Gasteiger partial charge in [-0.1, -0.05) is 23.7 Å². The quantitative estimate of drug-likeness (QED) is 0.923. The lowest BCUT2D eigenvalue weighted by molar-refractivity contribution is 0.373. The second-order valence-electron chi connectivity index (χ2n) is 4.18. The number of methoxy groups -OCH3 is 1. The van der Waals surface area contributed by atoms with Crippen LogP contribution in [0.5, 0.6) is 5.88 Å². The van der Waals surface area contributed by atoms with Gasteiger partial charge in [0.2, 0.25) is 5.88 Å². The minimum atomic E-state index is -0.168. The molecule has 0 spiro atoms. The largest absolute Gasteiger partial charge is 0.481 e. The van der Waals surface area contributed by atoms with Gasteiger partial charge in [-0.05, 0) is 24.1 Å². The molecule has 0 radical (unpaired) electrons. The third-order valence-corrected chi connectivity index (χ3v) is 3.02. The highest BCUT2D eigenvalue weighted by Crippen LogP contribution is 2.20. The van der Waals surface area contributed by atoms with Gasteiger partial charge in [-0.15, -0.1) is 0 Å². The van der Waals surface area contributed by atoms with E-state index in [1.54, 1.807) is 11.8 Å². The lowest BCUT2D eigenvalue weighted by atomic mass is 10.0. The maximum absolute atomic E-state index is 6.14. The number of aryl methyl sites for hydroxylation is 1. The van der Waals surface area contributed by atoms with Crippen LogP contribution < -0.4 is 10.5 Å². The summed E-state index contributed by atoms with van der Waals surface area (Å²) in [5, 5.41) is 5.05. The molecule has 2 N–H and O–H groups in total. The van der Waals surface area contributed by atoms with Crippen molar-refractivity contribution in [2.45, 2.75) is 12.5 Å². The van der Waals surface area contributed by atoms with Crippen molar-refractivity contribution in [2.24, 2.45) is 12.8 Å². The van der Waals surface area contributed by atoms with Gasteiger partial charge >= 0.3 is 0 Å². The van der Waals surface area contributed by atoms with Crippen molar-refractivity contribution in [1.82, 2.24) is 9.78 Å². The Labute approximate surface area is 111 Å². The molecule has 5 heteroatoms. The number of hydrogen-bond acceptors (Lipinski definition) is 3. The molecule has 4 nitrogen and oxygen atoms in total. The monoisotopic (exact) mass is 265 g/mol. The second-order valence-corrected chi connectivity index (χ2v) is 4.61. The average Bonchev–Trinajstić information content (AvgIpc) is 2.70. The number of aromatic nitrogens is 2. The molecule has 0 aliphatic rings. The molecule has 96 valence electrons. The van der Waals surface area contributed by atoms with Crippen LogP contribution in [-0.2, 0) is 13.5 Å². The highest BCUT2D eigenvalue weighted by Gasteiger charge is 2.13. The first kappa shape index (κ1) is 12.9. The van der Waals surface area contributed by atoms with E-state index in [-0.39, 0.29) is 6.04 Å². The van der Waals surface area contributed by atoms with Crippen LogP contribution in [0.2, 0.25) is 5.02 Å². The highest BCUT2D eigenvalue weighted by atomic mass is 35.5. The summed E-state index contributed by atoms with van der Waals surface area (Å²) < 4.78 is 6.84. The molecule has 0 saturated heterocycles. The summed E-state index contributed by atoms with van der Waals surface area (Å²) in [6.07, 6.45) is 0.695. The molecule has 1 unspecified atom stereocenters. The van der Waals surface area contributed by atoms with E-state index < -0.39 is 0 Å². The Morgan fingerprint density at radius 3 is 2.83 bits per heavy atom. The molecule has 1 atom stereocenters. The van der Waals surface area contributed by atoms with Crippen molar-refractivity contribution in [3.8, 4) is 5.88 Å². The first-order valence-electron chi connectivity index (χ1n) is 5.68. The predicted octanol–water partition coefficient (Wildman–Crippen LogP) is 2.32. The Balaban J connectivity index is 2.13. The van der Waals surface area contributed by atoms with Gasteiger partial charge in [-0.25, -0.2) is 4.68 Å².